The van der Waals surface area contributed by atoms with Crippen LogP contribution in [0.5, 0.6) is 0 Å². The Labute approximate surface area is 153 Å². The number of benzene rings is 1. The molecule has 0 aliphatic heterocycles. The van der Waals surface area contributed by atoms with Crippen molar-refractivity contribution in [3.8, 4) is 5.69 Å². The largest absolute Gasteiger partial charge is 0.455 e. The van der Waals surface area contributed by atoms with Gasteiger partial charge in [0.05, 0.1) is 17.8 Å². The number of hydrogen-bond donors (Lipinski definition) is 1. The molecular formula is C20H25N3O3. The van der Waals surface area contributed by atoms with Crippen molar-refractivity contribution in [3.05, 3.63) is 47.3 Å². The summed E-state index contributed by atoms with van der Waals surface area (Å²) in [6.07, 6.45) is 4.43. The molecule has 1 aliphatic rings. The third kappa shape index (κ3) is 4.31. The molecule has 1 amide bonds. The van der Waals surface area contributed by atoms with Crippen LogP contribution in [0.1, 0.15) is 42.6 Å². The average Bonchev–Trinajstić information content (AvgIpc) is 3.24. The molecule has 6 nitrogen and oxygen atoms in total. The van der Waals surface area contributed by atoms with E-state index in [0.29, 0.717) is 0 Å². The van der Waals surface area contributed by atoms with Crippen molar-refractivity contribution >= 4 is 11.9 Å². The minimum atomic E-state index is -0.412. The molecule has 2 aromatic rings. The zero-order valence-electron chi connectivity index (χ0n) is 15.3. The molecule has 0 radical (unpaired) electrons. The van der Waals surface area contributed by atoms with Gasteiger partial charge in [-0.3, -0.25) is 9.59 Å². The van der Waals surface area contributed by atoms with Crippen molar-refractivity contribution in [1.29, 1.82) is 0 Å². The van der Waals surface area contributed by atoms with Crippen LogP contribution in [0.15, 0.2) is 30.3 Å². The number of hydrogen-bond acceptors (Lipinski definition) is 4. The number of aromatic nitrogens is 2. The van der Waals surface area contributed by atoms with Crippen LogP contribution in [0.25, 0.3) is 5.69 Å². The maximum absolute atomic E-state index is 12.2. The Kier molecular flexibility index (Phi) is 5.71. The second-order valence-electron chi connectivity index (χ2n) is 6.78. The summed E-state index contributed by atoms with van der Waals surface area (Å²) in [6.45, 7) is 3.59. The third-order valence-corrected chi connectivity index (χ3v) is 4.85. The summed E-state index contributed by atoms with van der Waals surface area (Å²) in [6, 6.07) is 10.0. The number of carbonyl (C=O) groups excluding carboxylic acids is 2. The minimum Gasteiger partial charge on any atom is -0.455 e. The molecule has 1 fully saturated rings. The molecule has 1 aromatic carbocycles. The molecule has 0 atom stereocenters. The van der Waals surface area contributed by atoms with Gasteiger partial charge in [-0.25, -0.2) is 4.68 Å². The van der Waals surface area contributed by atoms with Gasteiger partial charge in [0, 0.05) is 17.3 Å². The van der Waals surface area contributed by atoms with Gasteiger partial charge in [0.1, 0.15) is 0 Å². The topological polar surface area (TPSA) is 73.2 Å². The Bertz CT molecular complexity index is 777. The number of ether oxygens (including phenoxy) is 1. The quantitative estimate of drug-likeness (QED) is 0.809. The number of para-hydroxylation sites is 1. The first kappa shape index (κ1) is 18.2. The lowest BCUT2D eigenvalue weighted by Crippen LogP contribution is -2.36. The van der Waals surface area contributed by atoms with E-state index in [2.05, 4.69) is 10.4 Å². The summed E-state index contributed by atoms with van der Waals surface area (Å²) >= 11 is 0. The average molecular weight is 355 g/mol. The molecular weight excluding hydrogens is 330 g/mol. The van der Waals surface area contributed by atoms with E-state index in [0.717, 1.165) is 48.3 Å². The summed E-state index contributed by atoms with van der Waals surface area (Å²) in [7, 11) is 0. The highest BCUT2D eigenvalue weighted by molar-refractivity contribution is 5.81. The molecule has 6 heteroatoms. The number of nitrogens with zero attached hydrogens (tertiary/aromatic N) is 2. The van der Waals surface area contributed by atoms with Crippen LogP contribution in [0.4, 0.5) is 0 Å². The molecule has 0 saturated heterocycles. The van der Waals surface area contributed by atoms with Crippen LogP contribution < -0.4 is 5.32 Å². The normalized spacial score (nSPS) is 14.4. The zero-order chi connectivity index (χ0) is 18.5. The Morgan fingerprint density at radius 3 is 2.58 bits per heavy atom. The summed E-state index contributed by atoms with van der Waals surface area (Å²) < 4.78 is 6.98. The summed E-state index contributed by atoms with van der Waals surface area (Å²) in [4.78, 5) is 24.0. The Morgan fingerprint density at radius 1 is 1.19 bits per heavy atom. The van der Waals surface area contributed by atoms with Crippen molar-refractivity contribution in [2.75, 3.05) is 6.61 Å². The lowest BCUT2D eigenvalue weighted by atomic mass is 10.1. The summed E-state index contributed by atoms with van der Waals surface area (Å²) in [5.74, 6) is -0.635. The van der Waals surface area contributed by atoms with Crippen LogP contribution in [-0.2, 0) is 20.7 Å². The van der Waals surface area contributed by atoms with Gasteiger partial charge in [-0.1, -0.05) is 31.0 Å². The van der Waals surface area contributed by atoms with Crippen molar-refractivity contribution < 1.29 is 14.3 Å². The van der Waals surface area contributed by atoms with Crippen LogP contribution in [0, 0.1) is 13.8 Å². The van der Waals surface area contributed by atoms with Crippen molar-refractivity contribution in [3.63, 3.8) is 0 Å². The molecule has 0 unspecified atom stereocenters. The van der Waals surface area contributed by atoms with Gasteiger partial charge >= 0.3 is 5.97 Å². The van der Waals surface area contributed by atoms with Gasteiger partial charge in [0.2, 0.25) is 0 Å². The van der Waals surface area contributed by atoms with Crippen LogP contribution >= 0.6 is 0 Å². The maximum atomic E-state index is 12.2. The molecule has 138 valence electrons. The predicted molar refractivity (Wildman–Crippen MR) is 98.1 cm³/mol. The van der Waals surface area contributed by atoms with E-state index >= 15 is 0 Å². The monoisotopic (exact) mass is 355 g/mol. The first-order chi connectivity index (χ1) is 12.5. The van der Waals surface area contributed by atoms with E-state index < -0.39 is 5.97 Å². The lowest BCUT2D eigenvalue weighted by molar-refractivity contribution is -0.148. The van der Waals surface area contributed by atoms with Crippen molar-refractivity contribution in [2.45, 2.75) is 52.0 Å². The minimum absolute atomic E-state index is 0.112. The van der Waals surface area contributed by atoms with E-state index in [1.165, 1.54) is 0 Å². The fraction of sp³-hybridized carbons (Fsp3) is 0.450. The third-order valence-electron chi connectivity index (χ3n) is 4.85. The standard InChI is InChI=1S/C20H25N3O3/c1-14-18(15(2)23(22-14)17-10-4-3-5-11-17)12-20(25)26-13-19(24)21-16-8-6-7-9-16/h3-5,10-11,16H,6-9,12-13H2,1-2H3,(H,21,24). The zero-order valence-corrected chi connectivity index (χ0v) is 15.3. The lowest BCUT2D eigenvalue weighted by Gasteiger charge is -2.12. The van der Waals surface area contributed by atoms with E-state index in [1.807, 2.05) is 48.9 Å². The highest BCUT2D eigenvalue weighted by Gasteiger charge is 2.20. The van der Waals surface area contributed by atoms with Crippen molar-refractivity contribution in [1.82, 2.24) is 15.1 Å². The highest BCUT2D eigenvalue weighted by atomic mass is 16.5. The Morgan fingerprint density at radius 2 is 1.88 bits per heavy atom. The molecule has 1 saturated carbocycles. The maximum Gasteiger partial charge on any atom is 0.310 e. The van der Waals surface area contributed by atoms with Crippen LogP contribution in [0.3, 0.4) is 0 Å². The molecule has 1 N–H and O–H groups in total. The fourth-order valence-corrected chi connectivity index (χ4v) is 3.43. The number of amides is 1. The first-order valence-corrected chi connectivity index (χ1v) is 9.10. The van der Waals surface area contributed by atoms with E-state index in [4.69, 9.17) is 4.74 Å². The SMILES string of the molecule is Cc1nn(-c2ccccc2)c(C)c1CC(=O)OCC(=O)NC1CCCC1. The van der Waals surface area contributed by atoms with E-state index in [9.17, 15) is 9.59 Å². The number of rotatable bonds is 6. The first-order valence-electron chi connectivity index (χ1n) is 9.10. The molecule has 0 bridgehead atoms. The number of aryl methyl sites for hydroxylation is 1. The molecule has 1 aliphatic carbocycles. The van der Waals surface area contributed by atoms with Gasteiger partial charge in [-0.2, -0.15) is 5.10 Å². The Balaban J connectivity index is 1.57. The molecule has 3 rings (SSSR count). The van der Waals surface area contributed by atoms with Gasteiger partial charge in [0.15, 0.2) is 6.61 Å². The van der Waals surface area contributed by atoms with Gasteiger partial charge in [0.25, 0.3) is 5.91 Å². The van der Waals surface area contributed by atoms with Gasteiger partial charge in [-0.05, 0) is 38.8 Å². The summed E-state index contributed by atoms with van der Waals surface area (Å²) in [5.41, 5.74) is 3.48. The molecule has 1 aromatic heterocycles. The van der Waals surface area contributed by atoms with E-state index in [1.54, 1.807) is 0 Å². The van der Waals surface area contributed by atoms with E-state index in [-0.39, 0.29) is 25.0 Å². The van der Waals surface area contributed by atoms with Crippen LogP contribution in [0.2, 0.25) is 0 Å². The predicted octanol–water partition coefficient (Wildman–Crippen LogP) is 2.63. The van der Waals surface area contributed by atoms with Crippen molar-refractivity contribution in [2.24, 2.45) is 0 Å². The molecule has 0 spiro atoms. The second-order valence-corrected chi connectivity index (χ2v) is 6.78. The molecule has 26 heavy (non-hydrogen) atoms. The van der Waals surface area contributed by atoms with Gasteiger partial charge in [-0.15, -0.1) is 0 Å². The highest BCUT2D eigenvalue weighted by Crippen LogP contribution is 2.19. The Hall–Kier alpha value is -2.63. The number of carbonyl (C=O) groups is 2. The number of esters is 1. The number of nitrogens with one attached hydrogen (secondary N) is 1. The summed E-state index contributed by atoms with van der Waals surface area (Å²) in [5, 5.41) is 7.44. The fourth-order valence-electron chi connectivity index (χ4n) is 3.43. The second kappa shape index (κ2) is 8.17. The van der Waals surface area contributed by atoms with Gasteiger partial charge < -0.3 is 10.1 Å². The molecule has 1 heterocycles. The smallest absolute Gasteiger partial charge is 0.310 e. The van der Waals surface area contributed by atoms with Crippen LogP contribution in [-0.4, -0.2) is 34.3 Å².